The van der Waals surface area contributed by atoms with Crippen molar-refractivity contribution in [2.75, 3.05) is 46.8 Å². The van der Waals surface area contributed by atoms with Crippen LogP contribution in [0.1, 0.15) is 45.4 Å². The van der Waals surface area contributed by atoms with Crippen molar-refractivity contribution in [2.24, 2.45) is 0 Å². The molecule has 1 fully saturated rings. The maximum Gasteiger partial charge on any atom is 0.0221 e. The number of hydrogen-bond acceptors (Lipinski definition) is 3. The molecule has 0 radical (unpaired) electrons. The smallest absolute Gasteiger partial charge is 0.0221 e. The number of unbranched alkanes of at least 4 members (excludes halogenated alkanes) is 3. The fourth-order valence-corrected chi connectivity index (χ4v) is 2.74. The quantitative estimate of drug-likeness (QED) is 0.637. The molecule has 0 saturated carbocycles. The minimum Gasteiger partial charge on any atom is -0.315 e. The van der Waals surface area contributed by atoms with E-state index < -0.39 is 0 Å². The van der Waals surface area contributed by atoms with Gasteiger partial charge in [0.05, 0.1) is 0 Å². The van der Waals surface area contributed by atoms with Crippen LogP contribution >= 0.6 is 0 Å². The Morgan fingerprint density at radius 2 is 2.06 bits per heavy atom. The summed E-state index contributed by atoms with van der Waals surface area (Å²) in [5.74, 6) is 0. The zero-order chi connectivity index (χ0) is 13.2. The van der Waals surface area contributed by atoms with Crippen LogP contribution in [0.4, 0.5) is 0 Å². The second-order valence-electron chi connectivity index (χ2n) is 5.85. The molecule has 1 N–H and O–H groups in total. The second-order valence-corrected chi connectivity index (χ2v) is 5.85. The Bertz CT molecular complexity index is 196. The highest BCUT2D eigenvalue weighted by Crippen LogP contribution is 2.12. The fraction of sp³-hybridized carbons (Fsp3) is 1.00. The summed E-state index contributed by atoms with van der Waals surface area (Å²) in [4.78, 5) is 5.00. The Kier molecular flexibility index (Phi) is 8.64. The van der Waals surface area contributed by atoms with E-state index in [1.165, 1.54) is 64.7 Å². The molecular formula is C15H33N3. The van der Waals surface area contributed by atoms with Crippen molar-refractivity contribution in [1.82, 2.24) is 15.1 Å². The summed E-state index contributed by atoms with van der Waals surface area (Å²) < 4.78 is 0. The fourth-order valence-electron chi connectivity index (χ4n) is 2.74. The van der Waals surface area contributed by atoms with E-state index in [0.29, 0.717) is 0 Å². The molecular weight excluding hydrogens is 222 g/mol. The summed E-state index contributed by atoms with van der Waals surface area (Å²) in [5, 5.41) is 3.57. The van der Waals surface area contributed by atoms with E-state index in [1.807, 2.05) is 0 Å². The Morgan fingerprint density at radius 3 is 2.78 bits per heavy atom. The zero-order valence-electron chi connectivity index (χ0n) is 12.7. The van der Waals surface area contributed by atoms with Crippen molar-refractivity contribution in [3.8, 4) is 0 Å². The van der Waals surface area contributed by atoms with Crippen LogP contribution < -0.4 is 5.32 Å². The van der Waals surface area contributed by atoms with E-state index in [4.69, 9.17) is 0 Å². The van der Waals surface area contributed by atoms with E-state index in [-0.39, 0.29) is 0 Å². The van der Waals surface area contributed by atoms with E-state index in [0.717, 1.165) is 12.6 Å². The van der Waals surface area contributed by atoms with Crippen molar-refractivity contribution >= 4 is 0 Å². The van der Waals surface area contributed by atoms with Gasteiger partial charge < -0.3 is 15.1 Å². The highest BCUT2D eigenvalue weighted by Gasteiger charge is 2.20. The third kappa shape index (κ3) is 6.72. The molecule has 1 saturated heterocycles. The van der Waals surface area contributed by atoms with Crippen LogP contribution in [-0.2, 0) is 0 Å². The van der Waals surface area contributed by atoms with Crippen LogP contribution in [0.2, 0.25) is 0 Å². The average Bonchev–Trinajstić information content (AvgIpc) is 2.37. The van der Waals surface area contributed by atoms with Crippen molar-refractivity contribution in [2.45, 2.75) is 51.5 Å². The molecule has 0 aliphatic carbocycles. The molecule has 0 spiro atoms. The average molecular weight is 255 g/mol. The number of piperidine rings is 1. The van der Waals surface area contributed by atoms with Gasteiger partial charge in [-0.25, -0.2) is 0 Å². The maximum atomic E-state index is 3.57. The molecule has 3 heteroatoms. The molecule has 3 nitrogen and oxygen atoms in total. The van der Waals surface area contributed by atoms with Gasteiger partial charge >= 0.3 is 0 Å². The molecule has 0 amide bonds. The molecule has 0 aromatic rings. The van der Waals surface area contributed by atoms with Gasteiger partial charge in [0, 0.05) is 25.7 Å². The maximum absolute atomic E-state index is 3.57. The van der Waals surface area contributed by atoms with Gasteiger partial charge in [-0.3, -0.25) is 0 Å². The molecule has 1 rings (SSSR count). The van der Waals surface area contributed by atoms with Crippen LogP contribution in [0.5, 0.6) is 0 Å². The van der Waals surface area contributed by atoms with E-state index in [2.05, 4.69) is 36.1 Å². The Labute approximate surface area is 114 Å². The lowest BCUT2D eigenvalue weighted by molar-refractivity contribution is 0.135. The van der Waals surface area contributed by atoms with Gasteiger partial charge in [-0.2, -0.15) is 0 Å². The predicted molar refractivity (Wildman–Crippen MR) is 80.2 cm³/mol. The number of rotatable bonds is 9. The van der Waals surface area contributed by atoms with Crippen molar-refractivity contribution in [1.29, 1.82) is 0 Å². The predicted octanol–water partition coefficient (Wildman–Crippen LogP) is 2.18. The van der Waals surface area contributed by atoms with E-state index in [9.17, 15) is 0 Å². The van der Waals surface area contributed by atoms with Crippen molar-refractivity contribution in [3.63, 3.8) is 0 Å². The highest BCUT2D eigenvalue weighted by atomic mass is 15.2. The standard InChI is InChI=1S/C15H33N3/c1-4-5-6-7-10-16-11-13-18(3)15-9-8-12-17(2)14-15/h15-16H,4-14H2,1-3H3. The minimum atomic E-state index is 0.769. The third-order valence-electron chi connectivity index (χ3n) is 4.07. The summed E-state index contributed by atoms with van der Waals surface area (Å²) in [6, 6.07) is 0.769. The molecule has 0 bridgehead atoms. The lowest BCUT2D eigenvalue weighted by atomic mass is 10.1. The molecule has 1 unspecified atom stereocenters. The van der Waals surface area contributed by atoms with Crippen molar-refractivity contribution in [3.05, 3.63) is 0 Å². The molecule has 0 aromatic heterocycles. The Hall–Kier alpha value is -0.120. The molecule has 1 heterocycles. The van der Waals surface area contributed by atoms with Crippen LogP contribution in [0.25, 0.3) is 0 Å². The number of likely N-dealkylation sites (tertiary alicyclic amines) is 1. The normalized spacial score (nSPS) is 21.7. The molecule has 1 aliphatic heterocycles. The first-order chi connectivity index (χ1) is 8.74. The summed E-state index contributed by atoms with van der Waals surface area (Å²) in [5.41, 5.74) is 0. The van der Waals surface area contributed by atoms with Gasteiger partial charge in [0.2, 0.25) is 0 Å². The topological polar surface area (TPSA) is 18.5 Å². The summed E-state index contributed by atoms with van der Waals surface area (Å²) in [6.45, 7) is 8.31. The van der Waals surface area contributed by atoms with Gasteiger partial charge in [0.25, 0.3) is 0 Å². The molecule has 18 heavy (non-hydrogen) atoms. The Morgan fingerprint density at radius 1 is 1.22 bits per heavy atom. The molecule has 0 aromatic carbocycles. The second kappa shape index (κ2) is 9.76. The number of likely N-dealkylation sites (N-methyl/N-ethyl adjacent to an activating group) is 2. The monoisotopic (exact) mass is 255 g/mol. The van der Waals surface area contributed by atoms with Gasteiger partial charge in [-0.1, -0.05) is 26.2 Å². The van der Waals surface area contributed by atoms with Gasteiger partial charge in [0.1, 0.15) is 0 Å². The third-order valence-corrected chi connectivity index (χ3v) is 4.07. The summed E-state index contributed by atoms with van der Waals surface area (Å²) >= 11 is 0. The highest BCUT2D eigenvalue weighted by molar-refractivity contribution is 4.77. The van der Waals surface area contributed by atoms with Gasteiger partial charge in [-0.15, -0.1) is 0 Å². The number of hydrogen-bond donors (Lipinski definition) is 1. The van der Waals surface area contributed by atoms with Gasteiger partial charge in [-0.05, 0) is 46.4 Å². The van der Waals surface area contributed by atoms with Crippen LogP contribution in [-0.4, -0.2) is 62.7 Å². The first kappa shape index (κ1) is 15.9. The SMILES string of the molecule is CCCCCCNCCN(C)C1CCCN(C)C1. The molecule has 1 aliphatic rings. The lowest BCUT2D eigenvalue weighted by Gasteiger charge is -2.35. The van der Waals surface area contributed by atoms with Crippen LogP contribution in [0, 0.1) is 0 Å². The minimum absolute atomic E-state index is 0.769. The lowest BCUT2D eigenvalue weighted by Crippen LogP contribution is -2.46. The summed E-state index contributed by atoms with van der Waals surface area (Å²) in [6.07, 6.45) is 8.16. The summed E-state index contributed by atoms with van der Waals surface area (Å²) in [7, 11) is 4.52. The first-order valence-corrected chi connectivity index (χ1v) is 7.83. The van der Waals surface area contributed by atoms with E-state index in [1.54, 1.807) is 0 Å². The zero-order valence-corrected chi connectivity index (χ0v) is 12.7. The molecule has 1 atom stereocenters. The number of nitrogens with one attached hydrogen (secondary N) is 1. The van der Waals surface area contributed by atoms with E-state index >= 15 is 0 Å². The number of nitrogens with zero attached hydrogens (tertiary/aromatic N) is 2. The largest absolute Gasteiger partial charge is 0.315 e. The Balaban J connectivity index is 1.97. The van der Waals surface area contributed by atoms with Crippen LogP contribution in [0.3, 0.4) is 0 Å². The molecule has 108 valence electrons. The van der Waals surface area contributed by atoms with Crippen LogP contribution in [0.15, 0.2) is 0 Å². The van der Waals surface area contributed by atoms with Crippen molar-refractivity contribution < 1.29 is 0 Å². The first-order valence-electron chi connectivity index (χ1n) is 7.83. The van der Waals surface area contributed by atoms with Gasteiger partial charge in [0.15, 0.2) is 0 Å².